The van der Waals surface area contributed by atoms with Crippen molar-refractivity contribution < 1.29 is 23.9 Å². The molecular weight excluding hydrogens is 653 g/mol. The molecule has 0 saturated carbocycles. The third-order valence-electron chi connectivity index (χ3n) is 9.78. The summed E-state index contributed by atoms with van der Waals surface area (Å²) >= 11 is 0. The first-order valence-electron chi connectivity index (χ1n) is 17.5. The van der Waals surface area contributed by atoms with E-state index in [9.17, 15) is 24.0 Å². The van der Waals surface area contributed by atoms with E-state index in [1.54, 1.807) is 19.3 Å². The van der Waals surface area contributed by atoms with Crippen LogP contribution in [0, 0.1) is 0 Å². The average molecular weight is 703 g/mol. The molecule has 1 aliphatic carbocycles. The molecule has 11 heteroatoms. The van der Waals surface area contributed by atoms with Crippen LogP contribution in [0.5, 0.6) is 0 Å². The zero-order valence-corrected chi connectivity index (χ0v) is 30.3. The summed E-state index contributed by atoms with van der Waals surface area (Å²) in [5.41, 5.74) is 1.44. The molecule has 2 heterocycles. The molecule has 3 aromatic rings. The first-order chi connectivity index (χ1) is 23.6. The van der Waals surface area contributed by atoms with Gasteiger partial charge in [0, 0.05) is 45.3 Å². The number of rotatable bonds is 12. The maximum absolute atomic E-state index is 14.3. The smallest absolute Gasteiger partial charge is 0.306 e. The topological polar surface area (TPSA) is 127 Å². The van der Waals surface area contributed by atoms with Crippen molar-refractivity contribution in [1.29, 1.82) is 0 Å². The van der Waals surface area contributed by atoms with Gasteiger partial charge in [0.15, 0.2) is 0 Å². The average Bonchev–Trinajstić information content (AvgIpc) is 3.10. The number of aryl methyl sites for hydroxylation is 1. The Morgan fingerprint density at radius 1 is 0.900 bits per heavy atom. The first kappa shape index (κ1) is 38.4. The molecule has 2 aliphatic rings. The number of esters is 1. The van der Waals surface area contributed by atoms with Crippen LogP contribution in [0.3, 0.4) is 0 Å². The normalized spacial score (nSPS) is 18.8. The molecule has 0 bridgehead atoms. The van der Waals surface area contributed by atoms with Gasteiger partial charge in [-0.25, -0.2) is 0 Å². The lowest BCUT2D eigenvalue weighted by Crippen LogP contribution is -2.51. The van der Waals surface area contributed by atoms with Gasteiger partial charge in [-0.2, -0.15) is 13.5 Å². The Hall–Kier alpha value is -4.38. The van der Waals surface area contributed by atoms with Crippen molar-refractivity contribution in [3.05, 3.63) is 106 Å². The highest BCUT2D eigenvalue weighted by Gasteiger charge is 2.48. The minimum absolute atomic E-state index is 0. The van der Waals surface area contributed by atoms with Crippen molar-refractivity contribution in [3.8, 4) is 0 Å². The number of amides is 3. The lowest BCUT2D eigenvalue weighted by Gasteiger charge is -2.42. The van der Waals surface area contributed by atoms with Crippen molar-refractivity contribution in [1.82, 2.24) is 20.1 Å². The summed E-state index contributed by atoms with van der Waals surface area (Å²) in [6, 6.07) is 20.7. The summed E-state index contributed by atoms with van der Waals surface area (Å²) in [5, 5.41) is 6.18. The number of carbonyl (C=O) groups is 4. The molecule has 10 nitrogen and oxygen atoms in total. The van der Waals surface area contributed by atoms with Crippen LogP contribution in [0.1, 0.15) is 98.2 Å². The molecule has 2 aromatic carbocycles. The standard InChI is InChI=1S/C39H48N4O6.H2S/c1-27(2)49-34(44)18-8-5-11-23-40-38(48)39(28-13-6-4-7-14-28)22-19-31(30-15-9-10-17-33(30)39)37(47)43-25-20-29(21-26-43)41-35(45)32-16-12-24-42(3)36(32)46;/h4,6-7,9-10,12-17,24,27,29,31H,5,8,11,18-23,25-26H2,1-3H3,(H,40,48)(H,41,45);1H2/t31-,39+;/m0./s1. The Balaban J connectivity index is 0.00000562. The van der Waals surface area contributed by atoms with E-state index in [0.29, 0.717) is 58.2 Å². The van der Waals surface area contributed by atoms with Crippen molar-refractivity contribution in [3.63, 3.8) is 0 Å². The summed E-state index contributed by atoms with van der Waals surface area (Å²) in [5.74, 6) is -1.02. The molecule has 1 saturated heterocycles. The van der Waals surface area contributed by atoms with Gasteiger partial charge < -0.3 is 24.8 Å². The molecule has 1 aromatic heterocycles. The molecule has 50 heavy (non-hydrogen) atoms. The number of hydrogen-bond acceptors (Lipinski definition) is 6. The van der Waals surface area contributed by atoms with Gasteiger partial charge in [-0.1, -0.05) is 61.0 Å². The number of nitrogens with one attached hydrogen (secondary N) is 2. The van der Waals surface area contributed by atoms with Crippen molar-refractivity contribution in [2.24, 2.45) is 7.05 Å². The Labute approximate surface area is 301 Å². The number of pyridine rings is 1. The Bertz CT molecular complexity index is 1700. The largest absolute Gasteiger partial charge is 0.463 e. The minimum atomic E-state index is -0.943. The van der Waals surface area contributed by atoms with Crippen molar-refractivity contribution in [2.75, 3.05) is 19.6 Å². The quantitative estimate of drug-likeness (QED) is 0.208. The fourth-order valence-corrected chi connectivity index (χ4v) is 7.23. The minimum Gasteiger partial charge on any atom is -0.463 e. The van der Waals surface area contributed by atoms with E-state index in [-0.39, 0.29) is 60.5 Å². The lowest BCUT2D eigenvalue weighted by atomic mass is 9.62. The highest BCUT2D eigenvalue weighted by atomic mass is 32.1. The second kappa shape index (κ2) is 17.5. The van der Waals surface area contributed by atoms with Gasteiger partial charge in [0.2, 0.25) is 11.8 Å². The number of piperidine rings is 1. The van der Waals surface area contributed by atoms with E-state index in [2.05, 4.69) is 10.6 Å². The van der Waals surface area contributed by atoms with Crippen LogP contribution in [-0.2, 0) is 31.6 Å². The van der Waals surface area contributed by atoms with Gasteiger partial charge in [-0.15, -0.1) is 0 Å². The summed E-state index contributed by atoms with van der Waals surface area (Å²) in [6.07, 6.45) is 6.28. The van der Waals surface area contributed by atoms with E-state index in [1.807, 2.05) is 73.3 Å². The summed E-state index contributed by atoms with van der Waals surface area (Å²) < 4.78 is 6.59. The van der Waals surface area contributed by atoms with Crippen LogP contribution in [0.25, 0.3) is 0 Å². The van der Waals surface area contributed by atoms with Crippen LogP contribution in [0.2, 0.25) is 0 Å². The molecule has 268 valence electrons. The van der Waals surface area contributed by atoms with Crippen molar-refractivity contribution in [2.45, 2.75) is 88.7 Å². The lowest BCUT2D eigenvalue weighted by molar-refractivity contribution is -0.147. The van der Waals surface area contributed by atoms with Crippen LogP contribution < -0.4 is 16.2 Å². The maximum atomic E-state index is 14.3. The number of fused-ring (bicyclic) bond motifs is 1. The number of likely N-dealkylation sites (tertiary alicyclic amines) is 1. The summed E-state index contributed by atoms with van der Waals surface area (Å²) in [7, 11) is 1.61. The molecule has 5 rings (SSSR count). The van der Waals surface area contributed by atoms with E-state index >= 15 is 0 Å². The van der Waals surface area contributed by atoms with Gasteiger partial charge in [-0.05, 0) is 81.2 Å². The molecule has 1 fully saturated rings. The molecule has 2 atom stereocenters. The second-order valence-electron chi connectivity index (χ2n) is 13.5. The Morgan fingerprint density at radius 2 is 1.60 bits per heavy atom. The molecule has 0 spiro atoms. The second-order valence-corrected chi connectivity index (χ2v) is 13.5. The number of benzene rings is 2. The van der Waals surface area contributed by atoms with Gasteiger partial charge in [0.05, 0.1) is 17.4 Å². The highest BCUT2D eigenvalue weighted by molar-refractivity contribution is 7.59. The van der Waals surface area contributed by atoms with Crippen LogP contribution in [0.4, 0.5) is 0 Å². The Kier molecular flexibility index (Phi) is 13.5. The molecule has 2 N–H and O–H groups in total. The summed E-state index contributed by atoms with van der Waals surface area (Å²) in [6.45, 7) is 5.15. The van der Waals surface area contributed by atoms with Crippen molar-refractivity contribution >= 4 is 37.2 Å². The number of ether oxygens (including phenoxy) is 1. The zero-order chi connectivity index (χ0) is 35.0. The monoisotopic (exact) mass is 702 g/mol. The van der Waals surface area contributed by atoms with Gasteiger partial charge in [0.25, 0.3) is 11.5 Å². The van der Waals surface area contributed by atoms with Gasteiger partial charge in [-0.3, -0.25) is 24.0 Å². The van der Waals surface area contributed by atoms with Crippen LogP contribution in [0.15, 0.2) is 77.7 Å². The number of hydrogen-bond donors (Lipinski definition) is 2. The third kappa shape index (κ3) is 8.67. The Morgan fingerprint density at radius 3 is 2.32 bits per heavy atom. The number of nitrogens with zero attached hydrogens (tertiary/aromatic N) is 2. The number of carbonyl (C=O) groups excluding carboxylic acids is 4. The van der Waals surface area contributed by atoms with E-state index < -0.39 is 11.3 Å². The first-order valence-corrected chi connectivity index (χ1v) is 17.5. The molecule has 3 amide bonds. The fraction of sp³-hybridized carbons (Fsp3) is 0.462. The molecule has 1 aliphatic heterocycles. The molecular formula is C39H50N4O6S. The fourth-order valence-electron chi connectivity index (χ4n) is 7.23. The van der Waals surface area contributed by atoms with Gasteiger partial charge in [0.1, 0.15) is 5.56 Å². The zero-order valence-electron chi connectivity index (χ0n) is 29.3. The van der Waals surface area contributed by atoms with Crippen LogP contribution >= 0.6 is 13.5 Å². The van der Waals surface area contributed by atoms with E-state index in [1.165, 1.54) is 10.6 Å². The van der Waals surface area contributed by atoms with E-state index in [0.717, 1.165) is 29.5 Å². The predicted molar refractivity (Wildman–Crippen MR) is 197 cm³/mol. The molecule has 0 unspecified atom stereocenters. The highest BCUT2D eigenvalue weighted by Crippen LogP contribution is 2.48. The third-order valence-corrected chi connectivity index (χ3v) is 9.78. The predicted octanol–water partition coefficient (Wildman–Crippen LogP) is 4.71. The number of unbranched alkanes of at least 4 members (excludes halogenated alkanes) is 2. The molecule has 0 radical (unpaired) electrons. The van der Waals surface area contributed by atoms with Crippen LogP contribution in [-0.4, -0.2) is 64.9 Å². The van der Waals surface area contributed by atoms with Gasteiger partial charge >= 0.3 is 5.97 Å². The maximum Gasteiger partial charge on any atom is 0.306 e. The summed E-state index contributed by atoms with van der Waals surface area (Å²) in [4.78, 5) is 67.3. The number of aromatic nitrogens is 1. The SMILES string of the molecule is CC(C)OC(=O)CCCCCNC(=O)[C@@]1(c2ccccc2)CC[C@H](C(=O)N2CCC(NC(=O)c3cccn(C)c3=O)CC2)c2ccccc21.S. The van der Waals surface area contributed by atoms with E-state index in [4.69, 9.17) is 4.74 Å².